The van der Waals surface area contributed by atoms with Gasteiger partial charge in [0.15, 0.2) is 0 Å². The molecule has 4 N–H and O–H groups in total. The smallest absolute Gasteiger partial charge is 0.231 e. The third kappa shape index (κ3) is 4.14. The lowest BCUT2D eigenvalue weighted by molar-refractivity contribution is -0.106. The van der Waals surface area contributed by atoms with Crippen LogP contribution in [0, 0.1) is 0 Å². The summed E-state index contributed by atoms with van der Waals surface area (Å²) in [5, 5.41) is 14.4. The van der Waals surface area contributed by atoms with Crippen LogP contribution in [0.2, 0.25) is 0 Å². The van der Waals surface area contributed by atoms with Crippen molar-refractivity contribution in [3.05, 3.63) is 70.4 Å². The lowest BCUT2D eigenvalue weighted by Crippen LogP contribution is -2.37. The van der Waals surface area contributed by atoms with Gasteiger partial charge in [0, 0.05) is 23.3 Å². The van der Waals surface area contributed by atoms with E-state index in [4.69, 9.17) is 10.2 Å². The van der Waals surface area contributed by atoms with Crippen molar-refractivity contribution in [3.8, 4) is 0 Å². The number of benzene rings is 2. The molecule has 0 saturated heterocycles. The Hall–Kier alpha value is -3.52. The number of nitrogens with zero attached hydrogens (tertiary/aromatic N) is 2. The summed E-state index contributed by atoms with van der Waals surface area (Å²) in [6.45, 7) is 5.99. The fourth-order valence-corrected chi connectivity index (χ4v) is 4.82. The van der Waals surface area contributed by atoms with Gasteiger partial charge in [0.1, 0.15) is 5.41 Å². The number of aromatic nitrogens is 2. The van der Waals surface area contributed by atoms with Gasteiger partial charge in [-0.1, -0.05) is 26.0 Å². The SMILES string of the molecule is CC(C)c1nnc(C2(C[C@@H](C)N)c3ccc(NC=O)cc3CCc3cc(NC=O)ccc32)o1. The number of amides is 2. The molecule has 4 rings (SSSR count). The molecule has 0 radical (unpaired) electrons. The van der Waals surface area contributed by atoms with E-state index < -0.39 is 5.41 Å². The Morgan fingerprint density at radius 1 is 0.970 bits per heavy atom. The second kappa shape index (κ2) is 9.15. The first-order valence-electron chi connectivity index (χ1n) is 11.2. The normalized spacial score (nSPS) is 15.2. The van der Waals surface area contributed by atoms with Gasteiger partial charge in [-0.2, -0.15) is 0 Å². The summed E-state index contributed by atoms with van der Waals surface area (Å²) in [5.74, 6) is 1.15. The molecule has 0 saturated carbocycles. The maximum atomic E-state index is 11.1. The lowest BCUT2D eigenvalue weighted by atomic mass is 9.68. The average Bonchev–Trinajstić information content (AvgIpc) is 3.24. The minimum atomic E-state index is -0.769. The molecule has 0 fully saturated rings. The van der Waals surface area contributed by atoms with Crippen LogP contribution in [-0.2, 0) is 27.8 Å². The van der Waals surface area contributed by atoms with E-state index in [0.29, 0.717) is 31.0 Å². The van der Waals surface area contributed by atoms with E-state index in [2.05, 4.69) is 20.8 Å². The minimum Gasteiger partial charge on any atom is -0.424 e. The van der Waals surface area contributed by atoms with Crippen molar-refractivity contribution in [3.63, 3.8) is 0 Å². The largest absolute Gasteiger partial charge is 0.424 e. The summed E-state index contributed by atoms with van der Waals surface area (Å²) in [4.78, 5) is 22.1. The van der Waals surface area contributed by atoms with Crippen molar-refractivity contribution in [2.75, 3.05) is 10.6 Å². The lowest BCUT2D eigenvalue weighted by Gasteiger charge is -2.35. The predicted octanol–water partition coefficient (Wildman–Crippen LogP) is 3.50. The number of nitrogens with one attached hydrogen (secondary N) is 2. The zero-order chi connectivity index (χ0) is 23.6. The van der Waals surface area contributed by atoms with Crippen molar-refractivity contribution in [1.29, 1.82) is 0 Å². The highest BCUT2D eigenvalue weighted by molar-refractivity contribution is 5.74. The Morgan fingerprint density at radius 3 is 1.94 bits per heavy atom. The number of fused-ring (bicyclic) bond motifs is 2. The molecule has 0 bridgehead atoms. The summed E-state index contributed by atoms with van der Waals surface area (Å²) in [5.41, 5.74) is 11.3. The van der Waals surface area contributed by atoms with Gasteiger partial charge in [-0.15, -0.1) is 10.2 Å². The Kier molecular flexibility index (Phi) is 6.29. The Morgan fingerprint density at radius 2 is 1.52 bits per heavy atom. The van der Waals surface area contributed by atoms with E-state index in [1.54, 1.807) is 0 Å². The van der Waals surface area contributed by atoms with Crippen LogP contribution in [0.15, 0.2) is 40.8 Å². The molecule has 3 aromatic rings. The summed E-state index contributed by atoms with van der Waals surface area (Å²) in [6.07, 6.45) is 3.38. The van der Waals surface area contributed by atoms with Gasteiger partial charge in [0.25, 0.3) is 0 Å². The fourth-order valence-electron chi connectivity index (χ4n) is 4.82. The molecule has 1 atom stereocenters. The van der Waals surface area contributed by atoms with Gasteiger partial charge in [-0.25, -0.2) is 0 Å². The summed E-state index contributed by atoms with van der Waals surface area (Å²) < 4.78 is 6.29. The van der Waals surface area contributed by atoms with Crippen LogP contribution in [0.5, 0.6) is 0 Å². The quantitative estimate of drug-likeness (QED) is 0.454. The first-order valence-corrected chi connectivity index (χ1v) is 11.2. The van der Waals surface area contributed by atoms with Crippen LogP contribution in [0.3, 0.4) is 0 Å². The minimum absolute atomic E-state index is 0.0849. The van der Waals surface area contributed by atoms with Crippen molar-refractivity contribution in [2.45, 2.75) is 57.4 Å². The zero-order valence-electron chi connectivity index (χ0n) is 19.1. The third-order valence-electron chi connectivity index (χ3n) is 6.17. The summed E-state index contributed by atoms with van der Waals surface area (Å²) in [6, 6.07) is 11.6. The monoisotopic (exact) mass is 447 g/mol. The number of carbonyl (C=O) groups is 2. The molecule has 8 nitrogen and oxygen atoms in total. The standard InChI is InChI=1S/C25H29N5O3/c1-15(2)23-29-30-24(33-23)25(12-16(3)26)21-8-6-19(27-13-31)10-17(21)4-5-18-11-20(28-14-32)7-9-22(18)25/h6-11,13-16H,4-5,12,26H2,1-3H3,(H,27,31)(H,28,32)/t16-/m1/s1. The maximum Gasteiger partial charge on any atom is 0.231 e. The van der Waals surface area contributed by atoms with Crippen LogP contribution in [0.1, 0.15) is 67.1 Å². The van der Waals surface area contributed by atoms with E-state index in [-0.39, 0.29) is 12.0 Å². The molecule has 1 aliphatic carbocycles. The number of hydrogen-bond acceptors (Lipinski definition) is 6. The fraction of sp³-hybridized carbons (Fsp3) is 0.360. The number of anilines is 2. The molecule has 8 heteroatoms. The van der Waals surface area contributed by atoms with Crippen LogP contribution in [-0.4, -0.2) is 29.1 Å². The molecule has 1 aliphatic rings. The number of nitrogens with two attached hydrogens (primary N) is 1. The van der Waals surface area contributed by atoms with Crippen LogP contribution >= 0.6 is 0 Å². The van der Waals surface area contributed by atoms with E-state index in [1.807, 2.05) is 57.2 Å². The van der Waals surface area contributed by atoms with Gasteiger partial charge < -0.3 is 20.8 Å². The number of hydrogen-bond donors (Lipinski definition) is 3. The highest BCUT2D eigenvalue weighted by Gasteiger charge is 2.46. The highest BCUT2D eigenvalue weighted by atomic mass is 16.4. The van der Waals surface area contributed by atoms with E-state index in [1.165, 1.54) is 0 Å². The van der Waals surface area contributed by atoms with E-state index >= 15 is 0 Å². The van der Waals surface area contributed by atoms with Crippen molar-refractivity contribution in [2.24, 2.45) is 5.73 Å². The number of rotatable bonds is 8. The number of carbonyl (C=O) groups excluding carboxylic acids is 2. The van der Waals surface area contributed by atoms with Gasteiger partial charge in [0.2, 0.25) is 24.6 Å². The topological polar surface area (TPSA) is 123 Å². The second-order valence-electron chi connectivity index (χ2n) is 8.96. The van der Waals surface area contributed by atoms with E-state index in [0.717, 1.165) is 46.5 Å². The van der Waals surface area contributed by atoms with Gasteiger partial charge >= 0.3 is 0 Å². The summed E-state index contributed by atoms with van der Waals surface area (Å²) >= 11 is 0. The average molecular weight is 448 g/mol. The summed E-state index contributed by atoms with van der Waals surface area (Å²) in [7, 11) is 0. The van der Waals surface area contributed by atoms with E-state index in [9.17, 15) is 9.59 Å². The Labute approximate surface area is 193 Å². The molecular formula is C25H29N5O3. The first-order chi connectivity index (χ1) is 15.9. The number of aryl methyl sites for hydroxylation is 2. The van der Waals surface area contributed by atoms with Crippen molar-refractivity contribution < 1.29 is 14.0 Å². The molecule has 33 heavy (non-hydrogen) atoms. The molecular weight excluding hydrogens is 418 g/mol. The molecule has 2 amide bonds. The first kappa shape index (κ1) is 22.7. The Bertz CT molecular complexity index is 1110. The molecule has 1 aromatic heterocycles. The van der Waals surface area contributed by atoms with Crippen molar-refractivity contribution in [1.82, 2.24) is 10.2 Å². The van der Waals surface area contributed by atoms with Crippen LogP contribution in [0.4, 0.5) is 11.4 Å². The maximum absolute atomic E-state index is 11.1. The third-order valence-corrected chi connectivity index (χ3v) is 6.17. The molecule has 0 aliphatic heterocycles. The molecule has 0 spiro atoms. The molecule has 1 heterocycles. The zero-order valence-corrected chi connectivity index (χ0v) is 19.1. The second-order valence-corrected chi connectivity index (χ2v) is 8.96. The van der Waals surface area contributed by atoms with Gasteiger partial charge in [-0.3, -0.25) is 9.59 Å². The predicted molar refractivity (Wildman–Crippen MR) is 126 cm³/mol. The molecule has 0 unspecified atom stereocenters. The molecule has 172 valence electrons. The van der Waals surface area contributed by atoms with Crippen LogP contribution < -0.4 is 16.4 Å². The van der Waals surface area contributed by atoms with Gasteiger partial charge in [0.05, 0.1) is 0 Å². The highest BCUT2D eigenvalue weighted by Crippen LogP contribution is 2.48. The Balaban J connectivity index is 2.04. The molecule has 2 aromatic carbocycles. The van der Waals surface area contributed by atoms with Gasteiger partial charge in [-0.05, 0) is 72.7 Å². The van der Waals surface area contributed by atoms with Crippen molar-refractivity contribution >= 4 is 24.2 Å². The van der Waals surface area contributed by atoms with Crippen LogP contribution in [0.25, 0.3) is 0 Å².